The Morgan fingerprint density at radius 1 is 1.45 bits per heavy atom. The number of carbonyl (C=O) groups excluding carboxylic acids is 1. The number of hydrogen-bond acceptors (Lipinski definition) is 4. The van der Waals surface area contributed by atoms with Gasteiger partial charge in [-0.05, 0) is 12.8 Å². The molecule has 0 fully saturated rings. The van der Waals surface area contributed by atoms with Gasteiger partial charge in [0.2, 0.25) is 0 Å². The number of hydrogen-bond donors (Lipinski definition) is 3. The van der Waals surface area contributed by atoms with Gasteiger partial charge >= 0.3 is 12.2 Å². The van der Waals surface area contributed by atoms with Gasteiger partial charge in [-0.2, -0.15) is 13.2 Å². The van der Waals surface area contributed by atoms with Gasteiger partial charge in [0, 0.05) is 11.9 Å². The lowest BCUT2D eigenvalue weighted by molar-refractivity contribution is -0.140. The molecule has 2 atom stereocenters. The van der Waals surface area contributed by atoms with E-state index in [-0.39, 0.29) is 11.6 Å². The highest BCUT2D eigenvalue weighted by Crippen LogP contribution is 2.32. The molecule has 0 aliphatic carbocycles. The van der Waals surface area contributed by atoms with Crippen LogP contribution in [-0.2, 0) is 6.18 Å². The van der Waals surface area contributed by atoms with Crippen LogP contribution in [0.1, 0.15) is 49.9 Å². The molecule has 0 radical (unpaired) electrons. The number of amides is 2. The Balaban J connectivity index is 2.57. The van der Waals surface area contributed by atoms with Crippen molar-refractivity contribution in [1.29, 1.82) is 0 Å². The van der Waals surface area contributed by atoms with Crippen LogP contribution in [0.3, 0.4) is 0 Å². The van der Waals surface area contributed by atoms with Crippen molar-refractivity contribution in [2.45, 2.75) is 51.4 Å². The minimum atomic E-state index is -4.49. The van der Waals surface area contributed by atoms with E-state index in [9.17, 15) is 23.1 Å². The fourth-order valence-corrected chi connectivity index (χ4v) is 2.73. The number of carbonyl (C=O) groups is 1. The molecule has 0 aromatic carbocycles. The van der Waals surface area contributed by atoms with E-state index in [1.165, 1.54) is 0 Å². The first kappa shape index (κ1) is 18.7. The SMILES string of the molecule is CCCC(O)CNC(=O)NC(CC)c1nc(C(F)(F)F)cs1. The van der Waals surface area contributed by atoms with Gasteiger partial charge in [-0.25, -0.2) is 9.78 Å². The standard InChI is InChI=1S/C13H20F3N3O2S/c1-3-5-8(20)6-17-12(21)18-9(4-2)11-19-10(7-22-11)13(14,15)16/h7-9,20H,3-6H2,1-2H3,(H2,17,18,21). The van der Waals surface area contributed by atoms with Gasteiger partial charge in [-0.3, -0.25) is 0 Å². The molecule has 1 rings (SSSR count). The molecular weight excluding hydrogens is 319 g/mol. The van der Waals surface area contributed by atoms with Gasteiger partial charge in [0.15, 0.2) is 5.69 Å². The first-order chi connectivity index (χ1) is 10.3. The largest absolute Gasteiger partial charge is 0.434 e. The van der Waals surface area contributed by atoms with Crippen molar-refractivity contribution in [1.82, 2.24) is 15.6 Å². The van der Waals surface area contributed by atoms with Crippen molar-refractivity contribution >= 4 is 17.4 Å². The van der Waals surface area contributed by atoms with Gasteiger partial charge in [-0.1, -0.05) is 20.3 Å². The molecule has 9 heteroatoms. The highest BCUT2D eigenvalue weighted by Gasteiger charge is 2.34. The molecule has 2 unspecified atom stereocenters. The Labute approximate surface area is 130 Å². The van der Waals surface area contributed by atoms with E-state index in [4.69, 9.17) is 0 Å². The van der Waals surface area contributed by atoms with E-state index >= 15 is 0 Å². The van der Waals surface area contributed by atoms with Gasteiger partial charge in [-0.15, -0.1) is 11.3 Å². The number of rotatable bonds is 7. The van der Waals surface area contributed by atoms with Crippen molar-refractivity contribution in [2.75, 3.05) is 6.54 Å². The fraction of sp³-hybridized carbons (Fsp3) is 0.692. The van der Waals surface area contributed by atoms with Crippen LogP contribution in [0.5, 0.6) is 0 Å². The van der Waals surface area contributed by atoms with Crippen LogP contribution in [0.25, 0.3) is 0 Å². The zero-order valence-corrected chi connectivity index (χ0v) is 13.2. The predicted octanol–water partition coefficient (Wildman–Crippen LogP) is 3.07. The van der Waals surface area contributed by atoms with Gasteiger partial charge in [0.1, 0.15) is 5.01 Å². The summed E-state index contributed by atoms with van der Waals surface area (Å²) in [6, 6.07) is -1.13. The predicted molar refractivity (Wildman–Crippen MR) is 77.6 cm³/mol. The van der Waals surface area contributed by atoms with E-state index in [1.54, 1.807) is 6.92 Å². The lowest BCUT2D eigenvalue weighted by Crippen LogP contribution is -2.41. The van der Waals surface area contributed by atoms with E-state index < -0.39 is 30.0 Å². The smallest absolute Gasteiger partial charge is 0.391 e. The lowest BCUT2D eigenvalue weighted by Gasteiger charge is -2.16. The van der Waals surface area contributed by atoms with Crippen LogP contribution in [-0.4, -0.2) is 28.8 Å². The second-order valence-electron chi connectivity index (χ2n) is 4.83. The van der Waals surface area contributed by atoms with Crippen molar-refractivity contribution in [3.63, 3.8) is 0 Å². The Bertz CT molecular complexity index is 479. The average molecular weight is 339 g/mol. The van der Waals surface area contributed by atoms with E-state index in [2.05, 4.69) is 15.6 Å². The van der Waals surface area contributed by atoms with Crippen molar-refractivity contribution in [3.8, 4) is 0 Å². The van der Waals surface area contributed by atoms with Crippen molar-refractivity contribution in [3.05, 3.63) is 16.1 Å². The first-order valence-electron chi connectivity index (χ1n) is 7.02. The normalized spacial score (nSPS) is 14.5. The number of aromatic nitrogens is 1. The van der Waals surface area contributed by atoms with E-state index in [1.807, 2.05) is 6.92 Å². The first-order valence-corrected chi connectivity index (χ1v) is 7.90. The summed E-state index contributed by atoms with van der Waals surface area (Å²) in [6.45, 7) is 3.75. The molecule has 0 aliphatic rings. The third kappa shape index (κ3) is 5.80. The maximum atomic E-state index is 12.5. The summed E-state index contributed by atoms with van der Waals surface area (Å²) in [6.07, 6.45) is -3.34. The number of alkyl halides is 3. The highest BCUT2D eigenvalue weighted by atomic mass is 32.1. The third-order valence-electron chi connectivity index (χ3n) is 2.94. The maximum Gasteiger partial charge on any atom is 0.434 e. The number of aliphatic hydroxyl groups is 1. The molecule has 5 nitrogen and oxygen atoms in total. The maximum absolute atomic E-state index is 12.5. The molecular formula is C13H20F3N3O2S. The summed E-state index contributed by atoms with van der Waals surface area (Å²) < 4.78 is 37.6. The summed E-state index contributed by atoms with van der Waals surface area (Å²) in [7, 11) is 0. The summed E-state index contributed by atoms with van der Waals surface area (Å²) >= 11 is 0.861. The summed E-state index contributed by atoms with van der Waals surface area (Å²) in [4.78, 5) is 15.3. The lowest BCUT2D eigenvalue weighted by atomic mass is 10.2. The monoisotopic (exact) mass is 339 g/mol. The molecule has 126 valence electrons. The zero-order valence-electron chi connectivity index (χ0n) is 12.4. The molecule has 22 heavy (non-hydrogen) atoms. The van der Waals surface area contributed by atoms with Crippen LogP contribution < -0.4 is 10.6 Å². The second kappa shape index (κ2) is 8.33. The Morgan fingerprint density at radius 2 is 2.14 bits per heavy atom. The molecule has 3 N–H and O–H groups in total. The van der Waals surface area contributed by atoms with Gasteiger partial charge in [0.25, 0.3) is 0 Å². The molecule has 1 aromatic rings. The molecule has 0 bridgehead atoms. The van der Waals surface area contributed by atoms with Crippen LogP contribution in [0, 0.1) is 0 Å². The van der Waals surface area contributed by atoms with E-state index in [0.717, 1.165) is 23.1 Å². The van der Waals surface area contributed by atoms with Crippen LogP contribution in [0.4, 0.5) is 18.0 Å². The van der Waals surface area contributed by atoms with Gasteiger partial charge in [0.05, 0.1) is 12.1 Å². The molecule has 0 spiro atoms. The topological polar surface area (TPSA) is 74.2 Å². The molecule has 1 heterocycles. The highest BCUT2D eigenvalue weighted by molar-refractivity contribution is 7.09. The fourth-order valence-electron chi connectivity index (χ4n) is 1.77. The number of nitrogens with zero attached hydrogens (tertiary/aromatic N) is 1. The van der Waals surface area contributed by atoms with Crippen molar-refractivity contribution < 1.29 is 23.1 Å². The average Bonchev–Trinajstić information content (AvgIpc) is 2.92. The number of urea groups is 1. The minimum Gasteiger partial charge on any atom is -0.391 e. The third-order valence-corrected chi connectivity index (χ3v) is 3.90. The summed E-state index contributed by atoms with van der Waals surface area (Å²) in [5.74, 6) is 0. The number of aliphatic hydroxyl groups excluding tert-OH is 1. The molecule has 2 amide bonds. The van der Waals surface area contributed by atoms with Gasteiger partial charge < -0.3 is 15.7 Å². The Kier molecular flexibility index (Phi) is 7.08. The molecule has 0 saturated heterocycles. The van der Waals surface area contributed by atoms with Crippen LogP contribution >= 0.6 is 11.3 Å². The zero-order chi connectivity index (χ0) is 16.8. The number of thiazole rings is 1. The number of halogens is 3. The van der Waals surface area contributed by atoms with Crippen molar-refractivity contribution in [2.24, 2.45) is 0 Å². The van der Waals surface area contributed by atoms with Crippen LogP contribution in [0.2, 0.25) is 0 Å². The van der Waals surface area contributed by atoms with Crippen LogP contribution in [0.15, 0.2) is 5.38 Å². The quantitative estimate of drug-likeness (QED) is 0.715. The molecule has 1 aromatic heterocycles. The minimum absolute atomic E-state index is 0.0990. The number of nitrogens with one attached hydrogen (secondary N) is 2. The summed E-state index contributed by atoms with van der Waals surface area (Å²) in [5.41, 5.74) is -0.952. The Hall–Kier alpha value is -1.35. The molecule has 0 saturated carbocycles. The second-order valence-corrected chi connectivity index (χ2v) is 5.72. The summed E-state index contributed by atoms with van der Waals surface area (Å²) in [5, 5.41) is 15.7. The Morgan fingerprint density at radius 3 is 2.64 bits per heavy atom. The van der Waals surface area contributed by atoms with E-state index in [0.29, 0.717) is 12.8 Å². The molecule has 0 aliphatic heterocycles.